The van der Waals surface area contributed by atoms with Crippen LogP contribution in [0.2, 0.25) is 0 Å². The Balaban J connectivity index is 2.34. The number of hydrogen-bond acceptors (Lipinski definition) is 7. The predicted molar refractivity (Wildman–Crippen MR) is 104 cm³/mol. The van der Waals surface area contributed by atoms with Crippen LogP contribution in [0.25, 0.3) is 6.08 Å². The molecule has 0 aromatic heterocycles. The summed E-state index contributed by atoms with van der Waals surface area (Å²) in [5.74, 6) is 2.04. The second-order valence-electron chi connectivity index (χ2n) is 5.09. The standard InChI is InChI=1S/C18H16BrNO6S/c1-4-6-20-17(22)15(27-18(20)23)8-11-7-13(25-5-2)14(9-12(11)19)26-10-16(21)24-3/h1,7-9H,5-6,10H2,2-3H3/b15-8+. The van der Waals surface area contributed by atoms with E-state index >= 15 is 0 Å². The SMILES string of the molecule is C#CCN1C(=O)S/C(=C/c2cc(OCC)c(OCC(=O)OC)cc2Br)C1=O. The third-order valence-corrected chi connectivity index (χ3v) is 4.94. The van der Waals surface area contributed by atoms with Gasteiger partial charge in [-0.15, -0.1) is 6.42 Å². The maximum Gasteiger partial charge on any atom is 0.343 e. The van der Waals surface area contributed by atoms with Gasteiger partial charge in [0.2, 0.25) is 0 Å². The van der Waals surface area contributed by atoms with Crippen molar-refractivity contribution in [2.75, 3.05) is 26.9 Å². The minimum absolute atomic E-state index is 0.0757. The van der Waals surface area contributed by atoms with E-state index in [1.54, 1.807) is 25.1 Å². The van der Waals surface area contributed by atoms with Crippen molar-refractivity contribution in [2.45, 2.75) is 6.92 Å². The van der Waals surface area contributed by atoms with Crippen molar-refractivity contribution in [1.29, 1.82) is 0 Å². The van der Waals surface area contributed by atoms with Crippen LogP contribution in [-0.2, 0) is 14.3 Å². The molecule has 0 aliphatic carbocycles. The van der Waals surface area contributed by atoms with Gasteiger partial charge in [-0.2, -0.15) is 0 Å². The molecule has 2 amide bonds. The summed E-state index contributed by atoms with van der Waals surface area (Å²) in [7, 11) is 1.27. The Kier molecular flexibility index (Phi) is 7.33. The number of amides is 2. The summed E-state index contributed by atoms with van der Waals surface area (Å²) in [6.07, 6.45) is 6.76. The Labute approximate surface area is 169 Å². The van der Waals surface area contributed by atoms with Gasteiger partial charge in [-0.05, 0) is 42.5 Å². The van der Waals surface area contributed by atoms with E-state index in [1.807, 2.05) is 0 Å². The lowest BCUT2D eigenvalue weighted by atomic mass is 10.2. The molecule has 0 saturated carbocycles. The first-order chi connectivity index (χ1) is 12.9. The predicted octanol–water partition coefficient (Wildman–Crippen LogP) is 3.07. The van der Waals surface area contributed by atoms with E-state index in [0.29, 0.717) is 28.1 Å². The monoisotopic (exact) mass is 453 g/mol. The zero-order valence-corrected chi connectivity index (χ0v) is 17.0. The number of nitrogens with zero attached hydrogens (tertiary/aromatic N) is 1. The van der Waals surface area contributed by atoms with Crippen LogP contribution in [0.4, 0.5) is 4.79 Å². The summed E-state index contributed by atoms with van der Waals surface area (Å²) in [5, 5.41) is -0.414. The van der Waals surface area contributed by atoms with Gasteiger partial charge in [0, 0.05) is 4.47 Å². The van der Waals surface area contributed by atoms with Crippen LogP contribution >= 0.6 is 27.7 Å². The van der Waals surface area contributed by atoms with Crippen molar-refractivity contribution in [1.82, 2.24) is 4.90 Å². The number of benzene rings is 1. The van der Waals surface area contributed by atoms with Crippen molar-refractivity contribution in [3.63, 3.8) is 0 Å². The number of ether oxygens (including phenoxy) is 3. The third-order valence-electron chi connectivity index (χ3n) is 3.35. The summed E-state index contributed by atoms with van der Waals surface area (Å²) >= 11 is 4.21. The topological polar surface area (TPSA) is 82.1 Å². The van der Waals surface area contributed by atoms with Crippen molar-refractivity contribution >= 4 is 50.9 Å². The Morgan fingerprint density at radius 3 is 2.67 bits per heavy atom. The number of thioether (sulfide) groups is 1. The summed E-state index contributed by atoms with van der Waals surface area (Å²) < 4.78 is 16.1. The molecule has 0 spiro atoms. The summed E-state index contributed by atoms with van der Waals surface area (Å²) in [4.78, 5) is 36.7. The molecule has 1 fully saturated rings. The van der Waals surface area contributed by atoms with Gasteiger partial charge in [0.1, 0.15) is 0 Å². The van der Waals surface area contributed by atoms with E-state index in [1.165, 1.54) is 7.11 Å². The van der Waals surface area contributed by atoms with E-state index in [9.17, 15) is 14.4 Å². The minimum Gasteiger partial charge on any atom is -0.490 e. The Hall–Kier alpha value is -2.44. The van der Waals surface area contributed by atoms with Gasteiger partial charge in [0.15, 0.2) is 18.1 Å². The van der Waals surface area contributed by atoms with Gasteiger partial charge in [-0.25, -0.2) is 4.79 Å². The molecule has 0 radical (unpaired) electrons. The molecule has 0 bridgehead atoms. The van der Waals surface area contributed by atoms with E-state index in [0.717, 1.165) is 16.7 Å². The second-order valence-corrected chi connectivity index (χ2v) is 6.94. The third kappa shape index (κ3) is 5.05. The molecule has 142 valence electrons. The first-order valence-corrected chi connectivity index (χ1v) is 9.37. The number of imide groups is 1. The molecule has 1 heterocycles. The van der Waals surface area contributed by atoms with Crippen molar-refractivity contribution in [2.24, 2.45) is 0 Å². The largest absolute Gasteiger partial charge is 0.490 e. The van der Waals surface area contributed by atoms with Crippen molar-refractivity contribution < 1.29 is 28.6 Å². The van der Waals surface area contributed by atoms with Crippen LogP contribution in [0, 0.1) is 12.3 Å². The van der Waals surface area contributed by atoms with Crippen LogP contribution in [0.1, 0.15) is 12.5 Å². The number of hydrogen-bond donors (Lipinski definition) is 0. The number of methoxy groups -OCH3 is 1. The molecule has 1 aliphatic heterocycles. The zero-order chi connectivity index (χ0) is 20.0. The Bertz CT molecular complexity index is 845. The molecule has 7 nitrogen and oxygen atoms in total. The van der Waals surface area contributed by atoms with Crippen LogP contribution in [0.5, 0.6) is 11.5 Å². The highest BCUT2D eigenvalue weighted by Gasteiger charge is 2.34. The van der Waals surface area contributed by atoms with E-state index in [4.69, 9.17) is 15.9 Å². The molecule has 9 heteroatoms. The number of carbonyl (C=O) groups is 3. The smallest absolute Gasteiger partial charge is 0.343 e. The zero-order valence-electron chi connectivity index (χ0n) is 14.6. The summed E-state index contributed by atoms with van der Waals surface area (Å²) in [5.41, 5.74) is 0.607. The van der Waals surface area contributed by atoms with E-state index in [-0.39, 0.29) is 18.1 Å². The van der Waals surface area contributed by atoms with E-state index < -0.39 is 17.1 Å². The fourth-order valence-corrected chi connectivity index (χ4v) is 3.37. The van der Waals surface area contributed by atoms with Crippen molar-refractivity contribution in [3.8, 4) is 23.8 Å². The molecular weight excluding hydrogens is 438 g/mol. The van der Waals surface area contributed by atoms with Gasteiger partial charge in [0.25, 0.3) is 11.1 Å². The Morgan fingerprint density at radius 1 is 1.33 bits per heavy atom. The lowest BCUT2D eigenvalue weighted by Gasteiger charge is -2.13. The lowest BCUT2D eigenvalue weighted by Crippen LogP contribution is -2.28. The first-order valence-electron chi connectivity index (χ1n) is 7.76. The van der Waals surface area contributed by atoms with Crippen molar-refractivity contribution in [3.05, 3.63) is 27.1 Å². The van der Waals surface area contributed by atoms with Crippen LogP contribution in [-0.4, -0.2) is 48.9 Å². The maximum atomic E-state index is 12.3. The quantitative estimate of drug-likeness (QED) is 0.356. The molecule has 1 aliphatic rings. The highest BCUT2D eigenvalue weighted by atomic mass is 79.9. The molecule has 1 saturated heterocycles. The number of carbonyl (C=O) groups excluding carboxylic acids is 3. The van der Waals surface area contributed by atoms with Gasteiger partial charge < -0.3 is 14.2 Å². The molecule has 27 heavy (non-hydrogen) atoms. The van der Waals surface area contributed by atoms with Gasteiger partial charge in [0.05, 0.1) is 25.2 Å². The van der Waals surface area contributed by atoms with Gasteiger partial charge in [-0.1, -0.05) is 21.9 Å². The van der Waals surface area contributed by atoms with Gasteiger partial charge in [-0.3, -0.25) is 14.5 Å². The Morgan fingerprint density at radius 2 is 2.04 bits per heavy atom. The molecule has 0 unspecified atom stereocenters. The number of halogens is 1. The lowest BCUT2D eigenvalue weighted by molar-refractivity contribution is -0.142. The molecule has 0 N–H and O–H groups in total. The average molecular weight is 454 g/mol. The van der Waals surface area contributed by atoms with Crippen LogP contribution < -0.4 is 9.47 Å². The highest BCUT2D eigenvalue weighted by Crippen LogP contribution is 2.38. The van der Waals surface area contributed by atoms with Gasteiger partial charge >= 0.3 is 5.97 Å². The average Bonchev–Trinajstić information content (AvgIpc) is 2.90. The summed E-state index contributed by atoms with van der Waals surface area (Å²) in [6.45, 7) is 1.83. The van der Waals surface area contributed by atoms with E-state index in [2.05, 4.69) is 26.6 Å². The maximum absolute atomic E-state index is 12.3. The summed E-state index contributed by atoms with van der Waals surface area (Å²) in [6, 6.07) is 3.26. The first kappa shape index (κ1) is 20.9. The normalized spacial score (nSPS) is 15.0. The molecule has 1 aromatic carbocycles. The molecule has 1 aromatic rings. The minimum atomic E-state index is -0.528. The fraction of sp³-hybridized carbons (Fsp3) is 0.278. The molecule has 0 atom stereocenters. The highest BCUT2D eigenvalue weighted by molar-refractivity contribution is 9.10. The molecule has 2 rings (SSSR count). The van der Waals surface area contributed by atoms with Crippen LogP contribution in [0.15, 0.2) is 21.5 Å². The van der Waals surface area contributed by atoms with Crippen LogP contribution in [0.3, 0.4) is 0 Å². The number of rotatable bonds is 7. The fourth-order valence-electron chi connectivity index (χ4n) is 2.11. The second kappa shape index (κ2) is 9.48. The number of esters is 1. The number of terminal acetylenes is 1. The molecular formula is C18H16BrNO6S.